The van der Waals surface area contributed by atoms with Crippen LogP contribution in [0.1, 0.15) is 31.2 Å². The minimum absolute atomic E-state index is 0.112. The molecular weight excluding hydrogens is 267 g/mol. The molecule has 0 aliphatic heterocycles. The van der Waals surface area contributed by atoms with E-state index >= 15 is 0 Å². The summed E-state index contributed by atoms with van der Waals surface area (Å²) in [7, 11) is 2.12. The molecule has 1 aromatic rings. The lowest BCUT2D eigenvalue weighted by Gasteiger charge is -2.23. The van der Waals surface area contributed by atoms with Gasteiger partial charge in [-0.2, -0.15) is 0 Å². The largest absolute Gasteiger partial charge is 0.351 e. The Morgan fingerprint density at radius 2 is 2.00 bits per heavy atom. The van der Waals surface area contributed by atoms with Crippen LogP contribution in [0, 0.1) is 5.82 Å². The number of carbonyl (C=O) groups excluding carboxylic acids is 1. The Morgan fingerprint density at radius 3 is 2.67 bits per heavy atom. The SMILES string of the molecule is CN(CCNC(=O)C=Cc1ccc(F)cc1)C1CCCC1. The first kappa shape index (κ1) is 15.7. The first-order valence-electron chi connectivity index (χ1n) is 7.57. The Kier molecular flexibility index (Phi) is 5.93. The molecule has 3 nitrogen and oxygen atoms in total. The lowest BCUT2D eigenvalue weighted by molar-refractivity contribution is -0.116. The van der Waals surface area contributed by atoms with Crippen molar-refractivity contribution in [1.29, 1.82) is 0 Å². The standard InChI is InChI=1S/C17H23FN2O/c1-20(16-4-2-3-5-16)13-12-19-17(21)11-8-14-6-9-15(18)10-7-14/h6-11,16H,2-5,12-13H2,1H3,(H,19,21). The smallest absolute Gasteiger partial charge is 0.244 e. The second-order valence-corrected chi connectivity index (χ2v) is 5.59. The Balaban J connectivity index is 1.68. The molecule has 1 fully saturated rings. The number of hydrogen-bond donors (Lipinski definition) is 1. The van der Waals surface area contributed by atoms with E-state index in [1.54, 1.807) is 18.2 Å². The molecule has 114 valence electrons. The third-order valence-corrected chi connectivity index (χ3v) is 4.01. The van der Waals surface area contributed by atoms with Gasteiger partial charge in [0.05, 0.1) is 0 Å². The van der Waals surface area contributed by atoms with E-state index in [1.165, 1.54) is 43.9 Å². The normalized spacial score (nSPS) is 16.0. The van der Waals surface area contributed by atoms with Gasteiger partial charge in [-0.15, -0.1) is 0 Å². The number of rotatable bonds is 6. The van der Waals surface area contributed by atoms with Crippen LogP contribution < -0.4 is 5.32 Å². The van der Waals surface area contributed by atoms with Crippen molar-refractivity contribution in [3.05, 3.63) is 41.7 Å². The van der Waals surface area contributed by atoms with E-state index in [0.29, 0.717) is 12.6 Å². The molecule has 0 aromatic heterocycles. The molecule has 2 rings (SSSR count). The number of hydrogen-bond acceptors (Lipinski definition) is 2. The fraction of sp³-hybridized carbons (Fsp3) is 0.471. The highest BCUT2D eigenvalue weighted by Gasteiger charge is 2.18. The van der Waals surface area contributed by atoms with Crippen LogP contribution in [-0.4, -0.2) is 37.0 Å². The van der Waals surface area contributed by atoms with Gasteiger partial charge in [-0.1, -0.05) is 25.0 Å². The summed E-state index contributed by atoms with van der Waals surface area (Å²) in [5.41, 5.74) is 0.814. The summed E-state index contributed by atoms with van der Waals surface area (Å²) in [5, 5.41) is 2.88. The van der Waals surface area contributed by atoms with E-state index in [9.17, 15) is 9.18 Å². The van der Waals surface area contributed by atoms with E-state index in [2.05, 4.69) is 17.3 Å². The molecule has 0 spiro atoms. The van der Waals surface area contributed by atoms with Crippen LogP contribution in [0.15, 0.2) is 30.3 Å². The number of nitrogens with zero attached hydrogens (tertiary/aromatic N) is 1. The number of nitrogens with one attached hydrogen (secondary N) is 1. The van der Waals surface area contributed by atoms with Crippen molar-refractivity contribution in [3.63, 3.8) is 0 Å². The predicted molar refractivity (Wildman–Crippen MR) is 83.3 cm³/mol. The Labute approximate surface area is 125 Å². The average Bonchev–Trinajstić information content (AvgIpc) is 3.01. The number of likely N-dealkylation sites (N-methyl/N-ethyl adjacent to an activating group) is 1. The summed E-state index contributed by atoms with van der Waals surface area (Å²) in [5.74, 6) is -0.384. The van der Waals surface area contributed by atoms with Crippen LogP contribution >= 0.6 is 0 Å². The summed E-state index contributed by atoms with van der Waals surface area (Å²) in [6.45, 7) is 1.53. The van der Waals surface area contributed by atoms with E-state index in [0.717, 1.165) is 12.1 Å². The van der Waals surface area contributed by atoms with Crippen LogP contribution in [0.25, 0.3) is 6.08 Å². The predicted octanol–water partition coefficient (Wildman–Crippen LogP) is 2.83. The van der Waals surface area contributed by atoms with Crippen LogP contribution in [0.3, 0.4) is 0 Å². The summed E-state index contributed by atoms with van der Waals surface area (Å²) in [4.78, 5) is 14.0. The van der Waals surface area contributed by atoms with Gasteiger partial charge in [-0.25, -0.2) is 4.39 Å². The molecule has 0 saturated heterocycles. The summed E-state index contributed by atoms with van der Waals surface area (Å²) in [6, 6.07) is 6.74. The molecule has 1 aliphatic rings. The maximum atomic E-state index is 12.7. The van der Waals surface area contributed by atoms with E-state index < -0.39 is 0 Å². The fourth-order valence-corrected chi connectivity index (χ4v) is 2.69. The van der Waals surface area contributed by atoms with Crippen molar-refractivity contribution in [2.45, 2.75) is 31.7 Å². The number of amides is 1. The van der Waals surface area contributed by atoms with E-state index in [4.69, 9.17) is 0 Å². The molecule has 21 heavy (non-hydrogen) atoms. The van der Waals surface area contributed by atoms with Crippen LogP contribution in [-0.2, 0) is 4.79 Å². The van der Waals surface area contributed by atoms with E-state index in [-0.39, 0.29) is 11.7 Å². The van der Waals surface area contributed by atoms with Gasteiger partial charge in [-0.3, -0.25) is 4.79 Å². The van der Waals surface area contributed by atoms with Gasteiger partial charge in [0.15, 0.2) is 0 Å². The molecule has 1 amide bonds. The molecule has 0 heterocycles. The monoisotopic (exact) mass is 290 g/mol. The molecular formula is C17H23FN2O. The Hall–Kier alpha value is -1.68. The highest BCUT2D eigenvalue weighted by atomic mass is 19.1. The Bertz CT molecular complexity index is 478. The van der Waals surface area contributed by atoms with Crippen molar-refractivity contribution in [3.8, 4) is 0 Å². The minimum Gasteiger partial charge on any atom is -0.351 e. The lowest BCUT2D eigenvalue weighted by Crippen LogP contribution is -2.36. The van der Waals surface area contributed by atoms with Gasteiger partial charge in [0.1, 0.15) is 5.82 Å². The van der Waals surface area contributed by atoms with Crippen molar-refractivity contribution in [2.24, 2.45) is 0 Å². The van der Waals surface area contributed by atoms with Gasteiger partial charge < -0.3 is 10.2 Å². The zero-order valence-corrected chi connectivity index (χ0v) is 12.5. The number of carbonyl (C=O) groups is 1. The molecule has 1 saturated carbocycles. The highest BCUT2D eigenvalue weighted by Crippen LogP contribution is 2.21. The molecule has 4 heteroatoms. The molecule has 0 bridgehead atoms. The average molecular weight is 290 g/mol. The molecule has 0 atom stereocenters. The zero-order valence-electron chi connectivity index (χ0n) is 12.5. The van der Waals surface area contributed by atoms with Gasteiger partial charge in [-0.05, 0) is 43.7 Å². The number of benzene rings is 1. The first-order chi connectivity index (χ1) is 10.1. The van der Waals surface area contributed by atoms with Crippen LogP contribution in [0.5, 0.6) is 0 Å². The first-order valence-corrected chi connectivity index (χ1v) is 7.57. The maximum Gasteiger partial charge on any atom is 0.244 e. The lowest BCUT2D eigenvalue weighted by atomic mass is 10.2. The van der Waals surface area contributed by atoms with Crippen molar-refractivity contribution in [1.82, 2.24) is 10.2 Å². The van der Waals surface area contributed by atoms with Gasteiger partial charge in [0.2, 0.25) is 5.91 Å². The van der Waals surface area contributed by atoms with Crippen LogP contribution in [0.4, 0.5) is 4.39 Å². The van der Waals surface area contributed by atoms with Gasteiger partial charge in [0, 0.05) is 25.2 Å². The highest BCUT2D eigenvalue weighted by molar-refractivity contribution is 5.91. The second-order valence-electron chi connectivity index (χ2n) is 5.59. The Morgan fingerprint density at radius 1 is 1.33 bits per heavy atom. The maximum absolute atomic E-state index is 12.7. The third kappa shape index (κ3) is 5.31. The zero-order chi connectivity index (χ0) is 15.1. The molecule has 1 aromatic carbocycles. The molecule has 1 N–H and O–H groups in total. The quantitative estimate of drug-likeness (QED) is 0.817. The molecule has 0 radical (unpaired) electrons. The summed E-state index contributed by atoms with van der Waals surface area (Å²) >= 11 is 0. The third-order valence-electron chi connectivity index (χ3n) is 4.01. The van der Waals surface area contributed by atoms with Crippen molar-refractivity contribution in [2.75, 3.05) is 20.1 Å². The van der Waals surface area contributed by atoms with E-state index in [1.807, 2.05) is 0 Å². The van der Waals surface area contributed by atoms with Gasteiger partial charge >= 0.3 is 0 Å². The molecule has 1 aliphatic carbocycles. The minimum atomic E-state index is -0.272. The van der Waals surface area contributed by atoms with Crippen LogP contribution in [0.2, 0.25) is 0 Å². The summed E-state index contributed by atoms with van der Waals surface area (Å²) < 4.78 is 12.7. The summed E-state index contributed by atoms with van der Waals surface area (Å²) in [6.07, 6.45) is 8.37. The van der Waals surface area contributed by atoms with Gasteiger partial charge in [0.25, 0.3) is 0 Å². The second kappa shape index (κ2) is 7.93. The van der Waals surface area contributed by atoms with Crippen molar-refractivity contribution >= 4 is 12.0 Å². The molecule has 0 unspecified atom stereocenters. The van der Waals surface area contributed by atoms with Crippen molar-refractivity contribution < 1.29 is 9.18 Å². The topological polar surface area (TPSA) is 32.3 Å². The fourth-order valence-electron chi connectivity index (χ4n) is 2.69. The number of halogens is 1.